The van der Waals surface area contributed by atoms with Gasteiger partial charge in [-0.25, -0.2) is 0 Å². The second-order valence-corrected chi connectivity index (χ2v) is 39.2. The van der Waals surface area contributed by atoms with Gasteiger partial charge in [0.1, 0.15) is 138 Å². The van der Waals surface area contributed by atoms with Crippen LogP contribution in [0.1, 0.15) is 99.2 Å². The van der Waals surface area contributed by atoms with Gasteiger partial charge in [0.15, 0.2) is 29.1 Å². The third-order valence-electron chi connectivity index (χ3n) is 26.8. The molecule has 0 aliphatic carbocycles. The molecule has 8 heterocycles. The Bertz CT molecular complexity index is 6780. The van der Waals surface area contributed by atoms with Crippen LogP contribution < -0.4 is 77.3 Å². The number of halogens is 2. The fraction of sp³-hybridized carbons (Fsp3) is 0.308. The molecule has 0 radical (unpaired) electrons. The van der Waals surface area contributed by atoms with E-state index >= 15 is 28.8 Å². The van der Waals surface area contributed by atoms with E-state index in [0.29, 0.717) is 47.1 Å². The lowest BCUT2D eigenvalue weighted by Gasteiger charge is -2.40. The molecule has 147 heavy (non-hydrogen) atoms. The molecule has 8 aliphatic heterocycles. The van der Waals surface area contributed by atoms with E-state index in [-0.39, 0.29) is 60.1 Å². The van der Waals surface area contributed by atoms with Gasteiger partial charge in [0, 0.05) is 72.3 Å². The summed E-state index contributed by atoms with van der Waals surface area (Å²) >= 11 is 14.5. The summed E-state index contributed by atoms with van der Waals surface area (Å²) in [5.74, 6) is -15.8. The molecule has 40 heteroatoms. The van der Waals surface area contributed by atoms with Crippen molar-refractivity contribution >= 4 is 70.5 Å². The third-order valence-corrected chi connectivity index (χ3v) is 27.5. The maximum absolute atomic E-state index is 17.0. The summed E-state index contributed by atoms with van der Waals surface area (Å²) in [6.07, 6.45) is -20.0. The Labute approximate surface area is 853 Å². The monoisotopic (exact) mass is 2050 g/mol. The predicted octanol–water partition coefficient (Wildman–Crippen LogP) is 6.98. The number of hydrogen-bond donors (Lipinski definition) is 21. The number of carbonyl (C=O) groups excluding carboxylic acids is 8. The van der Waals surface area contributed by atoms with Gasteiger partial charge in [-0.3, -0.25) is 38.4 Å². The van der Waals surface area contributed by atoms with E-state index in [0.717, 1.165) is 94.0 Å². The van der Waals surface area contributed by atoms with E-state index in [4.69, 9.17) is 62.1 Å². The number of nitrogens with one attached hydrogen (secondary N) is 9. The zero-order chi connectivity index (χ0) is 104. The van der Waals surface area contributed by atoms with E-state index in [2.05, 4.69) is 72.1 Å². The molecule has 2 fully saturated rings. The van der Waals surface area contributed by atoms with Crippen molar-refractivity contribution in [2.24, 2.45) is 5.73 Å². The minimum Gasteiger partial charge on any atom is -0.508 e. The van der Waals surface area contributed by atoms with E-state index in [1.807, 2.05) is 113 Å². The highest BCUT2D eigenvalue weighted by Gasteiger charge is 2.51. The summed E-state index contributed by atoms with van der Waals surface area (Å²) < 4.78 is 46.2. The first-order valence-electron chi connectivity index (χ1n) is 47.6. The van der Waals surface area contributed by atoms with Gasteiger partial charge >= 0.3 is 0 Å². The molecule has 0 aromatic heterocycles. The molecule has 8 amide bonds. The molecule has 0 saturated carbocycles. The van der Waals surface area contributed by atoms with Gasteiger partial charge in [0.2, 0.25) is 59.7 Å². The van der Waals surface area contributed by atoms with Crippen molar-refractivity contribution in [3.8, 4) is 102 Å². The number of ether oxygens (including phenoxy) is 7. The SMILES string of the molecule is CN[C@H]1C(=O)N[C@@H]2Cc3ccc(cc3)Oc3cc4cc(c3O[C@@H]3O[C@H](C(=O)NCCC[N+](C)(C)Cc5ccc(-c6ccccc6)cc5)[C@@H](O)[C@H](O)[C@H]3N)Oc3ccc(cc3Cl)[C@@H](O)[C@@H]3NC(=O)[C@H](NC(=O)[C@@H]4NC(=O)[C@@H](NC2=O)c2cc(cc(O)c2Cl)Oc2cc1ccc2O)c1ccc(O)c(c1)-c1c(O[C@H]2O[C@H](CO)[C@@H](O)[C@H](O)[C@@H]2O)cc(O)cc1[C@@H](C(=O)NCCC[N+](C)(C)Cc1ccc(-c2ccccc2)cc1)NC3=O. The number of phenolic OH excluding ortho intramolecular Hbond substituents is 4. The molecule has 18 atom stereocenters. The van der Waals surface area contributed by atoms with Crippen molar-refractivity contribution < 1.29 is 137 Å². The number of amides is 8. The highest BCUT2D eigenvalue weighted by atomic mass is 35.5. The van der Waals surface area contributed by atoms with E-state index in [1.165, 1.54) is 61.6 Å². The lowest BCUT2D eigenvalue weighted by molar-refractivity contribution is -0.903. The van der Waals surface area contributed by atoms with Crippen LogP contribution in [0.5, 0.6) is 69.0 Å². The number of aliphatic hydroxyl groups is 7. The van der Waals surface area contributed by atoms with Crippen LogP contribution in [0.2, 0.25) is 10.0 Å². The number of hydrogen-bond acceptors (Lipinski definition) is 28. The van der Waals surface area contributed by atoms with Crippen molar-refractivity contribution in [2.45, 2.75) is 142 Å². The van der Waals surface area contributed by atoms with Gasteiger partial charge in [-0.1, -0.05) is 163 Å². The Morgan fingerprint density at radius 3 is 1.66 bits per heavy atom. The fourth-order valence-corrected chi connectivity index (χ4v) is 19.4. The minimum absolute atomic E-state index is 0.0387. The molecular weight excluding hydrogens is 1940 g/mol. The number of nitrogens with two attached hydrogens (primary N) is 1. The molecule has 38 nitrogen and oxygen atoms in total. The molecule has 11 aromatic carbocycles. The Hall–Kier alpha value is -14.6. The van der Waals surface area contributed by atoms with Gasteiger partial charge < -0.3 is 152 Å². The Kier molecular flexibility index (Phi) is 31.1. The molecule has 19 rings (SSSR count). The highest BCUT2D eigenvalue weighted by Crippen LogP contribution is 2.51. The molecular formula is C107H112Cl2N12O26+2. The molecule has 2 saturated heterocycles. The number of benzene rings is 11. The third kappa shape index (κ3) is 23.1. The average Bonchev–Trinajstić information content (AvgIpc) is 0.747. The first kappa shape index (κ1) is 104. The van der Waals surface area contributed by atoms with Crippen molar-refractivity contribution in [3.63, 3.8) is 0 Å². The Morgan fingerprint density at radius 1 is 0.469 bits per heavy atom. The van der Waals surface area contributed by atoms with Crippen LogP contribution in [-0.4, -0.2) is 254 Å². The summed E-state index contributed by atoms with van der Waals surface area (Å²) in [5, 5.41) is 153. The molecule has 11 aromatic rings. The molecule has 0 spiro atoms. The summed E-state index contributed by atoms with van der Waals surface area (Å²) in [6, 6.07) is 42.5. The normalized spacial score (nSPS) is 24.1. The summed E-state index contributed by atoms with van der Waals surface area (Å²) in [5.41, 5.74) is 10.5. The minimum atomic E-state index is -2.42. The van der Waals surface area contributed by atoms with Crippen molar-refractivity contribution in [2.75, 3.05) is 68.0 Å². The number of rotatable bonds is 22. The van der Waals surface area contributed by atoms with E-state index in [1.54, 1.807) is 0 Å². The smallest absolute Gasteiger partial charge is 0.252 e. The number of quaternary nitrogens is 2. The van der Waals surface area contributed by atoms with Gasteiger partial charge in [-0.2, -0.15) is 0 Å². The topological polar surface area (TPSA) is 558 Å². The number of carbonyl (C=O) groups is 8. The second-order valence-electron chi connectivity index (χ2n) is 38.4. The van der Waals surface area contributed by atoms with Crippen molar-refractivity contribution in [1.29, 1.82) is 0 Å². The van der Waals surface area contributed by atoms with Crippen LogP contribution in [0.15, 0.2) is 224 Å². The quantitative estimate of drug-likeness (QED) is 0.0240. The average molecular weight is 2050 g/mol. The Balaban J connectivity index is 0.797. The predicted molar refractivity (Wildman–Crippen MR) is 533 cm³/mol. The van der Waals surface area contributed by atoms with Crippen LogP contribution in [0.3, 0.4) is 0 Å². The first-order valence-corrected chi connectivity index (χ1v) is 48.3. The molecule has 8 aliphatic rings. The number of nitrogens with zero attached hydrogens (tertiary/aromatic N) is 2. The largest absolute Gasteiger partial charge is 0.508 e. The molecule has 17 bridgehead atoms. The van der Waals surface area contributed by atoms with Crippen molar-refractivity contribution in [3.05, 3.63) is 285 Å². The summed E-state index contributed by atoms with van der Waals surface area (Å²) in [7, 11) is 9.48. The fourth-order valence-electron chi connectivity index (χ4n) is 18.9. The summed E-state index contributed by atoms with van der Waals surface area (Å²) in [6.45, 7) is 1.07. The standard InChI is InChI=1S/C107H110Cl2N12O26/c1-111-84-61-29-34-73(125)76(43-61)142-66-48-69(82(109)74(126)49-66)88-103(138)116-86-63-44-78(141-65-31-22-53(23-32-65)40-71(98(133)117-88)114-100(84)135)96(146-106-83(110)92(129)94(131)97(147-106)105(140)113-37-13-39-121(4,5)51-55-20-26-59(27-21-55)57-16-10-7-11-17-57)79(45-63)143-75-35-30-62(42-70(75)108)90(127)89-104(139)118-87(99(134)112-36-12-38-120(2,3)50-54-18-24-58(25-19-54)56-14-8-6-9-15-56)68-46-64(123)47-77(144-107-95(132)93(130)91(128)80(52-122)145-107)81(68)67-41-60(28-33-72(67)124)85(101(136)119-89)115-102(86)137/h6-11,14-35,41-49,71,80,83-95,97,106-107,111,122,127-132H,12-13,36-40,50-52,110H2,1-5H3,(H10-2,112,113,114,115,116,117,118,119,123,124,125,126,133,134,135,136,137,138,139,140)/p+2/t71-,80-,83-,84-,85-,86-,87+,88+,89+,90-,91-,92-,93+,94+,95+,97+,106-,107+/m1/s1. The molecule has 768 valence electrons. The van der Waals surface area contributed by atoms with Crippen LogP contribution in [0.4, 0.5) is 0 Å². The zero-order valence-corrected chi connectivity index (χ0v) is 81.6. The lowest BCUT2D eigenvalue weighted by Crippen LogP contribution is -2.65. The molecule has 0 unspecified atom stereocenters. The van der Waals surface area contributed by atoms with E-state index in [9.17, 15) is 65.8 Å². The Morgan fingerprint density at radius 2 is 1.03 bits per heavy atom. The van der Waals surface area contributed by atoms with Crippen LogP contribution in [0, 0.1) is 0 Å². The number of aromatic hydroxyl groups is 4. The summed E-state index contributed by atoms with van der Waals surface area (Å²) in [4.78, 5) is 127. The highest BCUT2D eigenvalue weighted by molar-refractivity contribution is 6.33. The van der Waals surface area contributed by atoms with Crippen LogP contribution >= 0.6 is 23.2 Å². The van der Waals surface area contributed by atoms with Gasteiger partial charge in [-0.05, 0) is 135 Å². The number of fused-ring (bicyclic) bond motifs is 14. The van der Waals surface area contributed by atoms with Gasteiger partial charge in [-0.15, -0.1) is 0 Å². The zero-order valence-electron chi connectivity index (χ0n) is 80.1. The van der Waals surface area contributed by atoms with E-state index < -0.39 is 253 Å². The first-order chi connectivity index (χ1) is 70.3. The maximum Gasteiger partial charge on any atom is 0.252 e. The van der Waals surface area contributed by atoms with Crippen LogP contribution in [0.25, 0.3) is 33.4 Å². The van der Waals surface area contributed by atoms with Gasteiger partial charge in [0.25, 0.3) is 5.91 Å². The number of aliphatic hydroxyl groups excluding tert-OH is 7. The number of likely N-dealkylation sites (N-methyl/N-ethyl adjacent to an activating group) is 1. The van der Waals surface area contributed by atoms with Crippen molar-refractivity contribution in [1.82, 2.24) is 47.9 Å². The number of phenols is 4. The lowest BCUT2D eigenvalue weighted by atomic mass is 9.89. The van der Waals surface area contributed by atoms with Crippen LogP contribution in [-0.2, 0) is 67.3 Å². The molecule has 22 N–H and O–H groups in total. The second kappa shape index (κ2) is 44.0. The maximum atomic E-state index is 17.0. The van der Waals surface area contributed by atoms with Gasteiger partial charge in [0.05, 0.1) is 64.0 Å².